The summed E-state index contributed by atoms with van der Waals surface area (Å²) in [6.07, 6.45) is 7.84. The molecule has 0 radical (unpaired) electrons. The third-order valence-electron chi connectivity index (χ3n) is 5.61. The zero-order valence-electron chi connectivity index (χ0n) is 14.9. The highest BCUT2D eigenvalue weighted by atomic mass is 35.5. The molecule has 0 saturated heterocycles. The van der Waals surface area contributed by atoms with Gasteiger partial charge in [-0.2, -0.15) is 5.26 Å². The quantitative estimate of drug-likeness (QED) is 0.584. The number of rotatable bonds is 5. The molecule has 25 heavy (non-hydrogen) atoms. The number of nitrogens with zero attached hydrogens (tertiary/aromatic N) is 1. The number of aryl methyl sites for hydroxylation is 1. The zero-order valence-corrected chi connectivity index (χ0v) is 15.7. The molecule has 1 nitrogen and oxygen atoms in total. The largest absolute Gasteiger partial charge is 0.197 e. The van der Waals surface area contributed by atoms with Crippen LogP contribution in [0.25, 0.3) is 0 Å². The highest BCUT2D eigenvalue weighted by Crippen LogP contribution is 2.33. The van der Waals surface area contributed by atoms with E-state index in [-0.39, 0.29) is 5.92 Å². The Labute approximate surface area is 156 Å². The van der Waals surface area contributed by atoms with Gasteiger partial charge in [0.1, 0.15) is 0 Å². The first-order chi connectivity index (χ1) is 12.2. The molecule has 2 aromatic carbocycles. The minimum atomic E-state index is -0.303. The normalized spacial score (nSPS) is 21.5. The van der Waals surface area contributed by atoms with Crippen molar-refractivity contribution in [2.75, 3.05) is 0 Å². The molecule has 1 fully saturated rings. The van der Waals surface area contributed by atoms with E-state index in [1.165, 1.54) is 37.7 Å². The molecule has 0 spiro atoms. The molecule has 1 aliphatic rings. The third kappa shape index (κ3) is 4.65. The van der Waals surface area contributed by atoms with Crippen LogP contribution in [0.15, 0.2) is 48.5 Å². The maximum absolute atomic E-state index is 9.61. The van der Waals surface area contributed by atoms with Gasteiger partial charge in [0.05, 0.1) is 12.0 Å². The number of hydrogen-bond donors (Lipinski definition) is 0. The fourth-order valence-electron chi connectivity index (χ4n) is 3.92. The van der Waals surface area contributed by atoms with Gasteiger partial charge in [0.15, 0.2) is 0 Å². The van der Waals surface area contributed by atoms with Crippen LogP contribution in [0.2, 0.25) is 5.02 Å². The summed E-state index contributed by atoms with van der Waals surface area (Å²) < 4.78 is 0. The van der Waals surface area contributed by atoms with Crippen molar-refractivity contribution in [1.29, 1.82) is 5.26 Å². The maximum atomic E-state index is 9.61. The van der Waals surface area contributed by atoms with Gasteiger partial charge < -0.3 is 0 Å². The van der Waals surface area contributed by atoms with E-state index in [1.54, 1.807) is 0 Å². The Morgan fingerprint density at radius 1 is 1.08 bits per heavy atom. The lowest BCUT2D eigenvalue weighted by Crippen LogP contribution is -2.13. The predicted octanol–water partition coefficient (Wildman–Crippen LogP) is 6.75. The Balaban J connectivity index is 1.67. The van der Waals surface area contributed by atoms with Crippen LogP contribution >= 0.6 is 11.6 Å². The second-order valence-corrected chi connectivity index (χ2v) is 7.90. The van der Waals surface area contributed by atoms with Crippen LogP contribution in [-0.4, -0.2) is 0 Å². The molecule has 1 atom stereocenters. The van der Waals surface area contributed by atoms with Crippen LogP contribution in [0.4, 0.5) is 0 Å². The summed E-state index contributed by atoms with van der Waals surface area (Å²) in [5.74, 6) is 1.47. The topological polar surface area (TPSA) is 23.8 Å². The van der Waals surface area contributed by atoms with Gasteiger partial charge >= 0.3 is 0 Å². The van der Waals surface area contributed by atoms with E-state index >= 15 is 0 Å². The molecule has 0 amide bonds. The highest BCUT2D eigenvalue weighted by Gasteiger charge is 2.19. The van der Waals surface area contributed by atoms with Crippen molar-refractivity contribution >= 4 is 11.6 Å². The average molecular weight is 352 g/mol. The summed E-state index contributed by atoms with van der Waals surface area (Å²) in [7, 11) is 0. The van der Waals surface area contributed by atoms with Crippen LogP contribution in [-0.2, 0) is 6.42 Å². The molecule has 2 heteroatoms. The van der Waals surface area contributed by atoms with Crippen LogP contribution in [0.3, 0.4) is 0 Å². The van der Waals surface area contributed by atoms with Crippen LogP contribution in [0.1, 0.15) is 61.6 Å². The summed E-state index contributed by atoms with van der Waals surface area (Å²) in [6.45, 7) is 2.37. The summed E-state index contributed by atoms with van der Waals surface area (Å²) in [6, 6.07) is 18.5. The van der Waals surface area contributed by atoms with Crippen molar-refractivity contribution in [3.63, 3.8) is 0 Å². The number of benzene rings is 2. The van der Waals surface area contributed by atoms with E-state index in [2.05, 4.69) is 25.1 Å². The van der Waals surface area contributed by atoms with Crippen molar-refractivity contribution in [2.45, 2.75) is 51.4 Å². The molecule has 1 saturated carbocycles. The first-order valence-electron chi connectivity index (χ1n) is 9.40. The second kappa shape index (κ2) is 8.54. The Hall–Kier alpha value is -1.78. The van der Waals surface area contributed by atoms with Crippen molar-refractivity contribution in [2.24, 2.45) is 11.8 Å². The van der Waals surface area contributed by atoms with Crippen LogP contribution < -0.4 is 0 Å². The fraction of sp³-hybridized carbons (Fsp3) is 0.435. The molecule has 2 aromatic rings. The first kappa shape index (κ1) is 18.0. The van der Waals surface area contributed by atoms with Crippen molar-refractivity contribution in [3.05, 3.63) is 70.2 Å². The van der Waals surface area contributed by atoms with Gasteiger partial charge in [-0.25, -0.2) is 0 Å². The Morgan fingerprint density at radius 3 is 2.44 bits per heavy atom. The molecule has 0 bridgehead atoms. The molecule has 1 unspecified atom stereocenters. The minimum absolute atomic E-state index is 0.303. The van der Waals surface area contributed by atoms with E-state index in [4.69, 9.17) is 11.6 Å². The van der Waals surface area contributed by atoms with Gasteiger partial charge in [-0.3, -0.25) is 0 Å². The Kier molecular flexibility index (Phi) is 6.16. The lowest BCUT2D eigenvalue weighted by molar-refractivity contribution is 0.278. The molecule has 0 heterocycles. The fourth-order valence-corrected chi connectivity index (χ4v) is 4.23. The maximum Gasteiger partial charge on any atom is 0.0977 e. The molecule has 3 rings (SSSR count). The van der Waals surface area contributed by atoms with Gasteiger partial charge in [0, 0.05) is 5.02 Å². The van der Waals surface area contributed by atoms with E-state index < -0.39 is 0 Å². The Bertz CT molecular complexity index is 724. The third-order valence-corrected chi connectivity index (χ3v) is 5.94. The average Bonchev–Trinajstić information content (AvgIpc) is 2.64. The molecule has 1 aliphatic carbocycles. The van der Waals surface area contributed by atoms with Gasteiger partial charge in [-0.15, -0.1) is 0 Å². The van der Waals surface area contributed by atoms with Crippen LogP contribution in [0.5, 0.6) is 0 Å². The summed E-state index contributed by atoms with van der Waals surface area (Å²) in [5, 5.41) is 10.3. The number of nitriles is 1. The van der Waals surface area contributed by atoms with E-state index in [1.807, 2.05) is 36.4 Å². The van der Waals surface area contributed by atoms with E-state index in [0.717, 1.165) is 29.4 Å². The lowest BCUT2D eigenvalue weighted by Gasteiger charge is -2.26. The SMILES string of the molecule is CC1CCC(CCc2ccc(C(C#N)c3ccccc3)c(Cl)c2)CC1. The molecule has 0 aromatic heterocycles. The van der Waals surface area contributed by atoms with E-state index in [9.17, 15) is 5.26 Å². The summed E-state index contributed by atoms with van der Waals surface area (Å²) >= 11 is 6.54. The molecule has 0 N–H and O–H groups in total. The van der Waals surface area contributed by atoms with Gasteiger partial charge in [0.25, 0.3) is 0 Å². The van der Waals surface area contributed by atoms with E-state index in [0.29, 0.717) is 5.02 Å². The number of halogens is 1. The molecule has 0 aliphatic heterocycles. The van der Waals surface area contributed by atoms with Gasteiger partial charge in [-0.05, 0) is 47.4 Å². The highest BCUT2D eigenvalue weighted by molar-refractivity contribution is 6.31. The standard InChI is InChI=1S/C23H26ClN/c1-17-7-9-18(10-8-17)11-12-19-13-14-21(23(24)15-19)22(16-25)20-5-3-2-4-6-20/h2-6,13-15,17-18,22H,7-12H2,1H3. The smallest absolute Gasteiger partial charge is 0.0977 e. The van der Waals surface area contributed by atoms with Gasteiger partial charge in [0.2, 0.25) is 0 Å². The number of hydrogen-bond acceptors (Lipinski definition) is 1. The predicted molar refractivity (Wildman–Crippen MR) is 105 cm³/mol. The molecular weight excluding hydrogens is 326 g/mol. The minimum Gasteiger partial charge on any atom is -0.197 e. The molecule has 130 valence electrons. The molecular formula is C23H26ClN. The summed E-state index contributed by atoms with van der Waals surface area (Å²) in [4.78, 5) is 0. The van der Waals surface area contributed by atoms with Gasteiger partial charge in [-0.1, -0.05) is 86.7 Å². The monoisotopic (exact) mass is 351 g/mol. The van der Waals surface area contributed by atoms with Crippen molar-refractivity contribution < 1.29 is 0 Å². The zero-order chi connectivity index (χ0) is 17.6. The first-order valence-corrected chi connectivity index (χ1v) is 9.78. The summed E-state index contributed by atoms with van der Waals surface area (Å²) in [5.41, 5.74) is 3.19. The second-order valence-electron chi connectivity index (χ2n) is 7.49. The Morgan fingerprint density at radius 2 is 1.80 bits per heavy atom. The van der Waals surface area contributed by atoms with Crippen molar-refractivity contribution in [3.8, 4) is 6.07 Å². The van der Waals surface area contributed by atoms with Crippen LogP contribution in [0, 0.1) is 23.2 Å². The lowest BCUT2D eigenvalue weighted by atomic mass is 9.80. The van der Waals surface area contributed by atoms with Crippen molar-refractivity contribution in [1.82, 2.24) is 0 Å².